The standard InChI is InChI=1S/C20H23FO3/c1-13-16-12-15(11-14-5-3-4-6-17(14)21)18(22)19(16,2)7-8-20(13)23-9-10-24-20/h3-6,11,13,16H,7-10,12H2,1-2H3/b15-11+/t13-,16-,19-/m1/s1. The van der Waals surface area contributed by atoms with E-state index in [0.29, 0.717) is 25.2 Å². The fourth-order valence-corrected chi connectivity index (χ4v) is 4.87. The Morgan fingerprint density at radius 3 is 2.62 bits per heavy atom. The molecule has 0 unspecified atom stereocenters. The molecule has 3 nitrogen and oxygen atoms in total. The van der Waals surface area contributed by atoms with Crippen molar-refractivity contribution in [1.29, 1.82) is 0 Å². The van der Waals surface area contributed by atoms with Crippen molar-refractivity contribution in [3.05, 3.63) is 41.2 Å². The van der Waals surface area contributed by atoms with Gasteiger partial charge < -0.3 is 9.47 Å². The summed E-state index contributed by atoms with van der Waals surface area (Å²) in [5, 5.41) is 0. The molecule has 24 heavy (non-hydrogen) atoms. The molecular weight excluding hydrogens is 307 g/mol. The lowest BCUT2D eigenvalue weighted by Gasteiger charge is -2.48. The summed E-state index contributed by atoms with van der Waals surface area (Å²) in [6, 6.07) is 6.60. The average Bonchev–Trinajstić information content (AvgIpc) is 3.14. The summed E-state index contributed by atoms with van der Waals surface area (Å²) in [7, 11) is 0. The average molecular weight is 330 g/mol. The van der Waals surface area contributed by atoms with E-state index in [1.807, 2.05) is 0 Å². The van der Waals surface area contributed by atoms with Gasteiger partial charge in [0.25, 0.3) is 0 Å². The maximum atomic E-state index is 14.0. The number of carbonyl (C=O) groups excluding carboxylic acids is 1. The topological polar surface area (TPSA) is 35.5 Å². The molecule has 0 N–H and O–H groups in total. The van der Waals surface area contributed by atoms with E-state index in [2.05, 4.69) is 13.8 Å². The van der Waals surface area contributed by atoms with Crippen LogP contribution < -0.4 is 0 Å². The minimum Gasteiger partial charge on any atom is -0.347 e. The van der Waals surface area contributed by atoms with E-state index in [1.165, 1.54) is 6.07 Å². The molecule has 0 radical (unpaired) electrons. The predicted molar refractivity (Wildman–Crippen MR) is 88.6 cm³/mol. The second-order valence-electron chi connectivity index (χ2n) is 7.55. The van der Waals surface area contributed by atoms with E-state index < -0.39 is 11.2 Å². The van der Waals surface area contributed by atoms with E-state index in [4.69, 9.17) is 9.47 Å². The van der Waals surface area contributed by atoms with Crippen molar-refractivity contribution >= 4 is 11.9 Å². The van der Waals surface area contributed by atoms with Crippen LogP contribution in [-0.2, 0) is 14.3 Å². The summed E-state index contributed by atoms with van der Waals surface area (Å²) >= 11 is 0. The Balaban J connectivity index is 1.68. The van der Waals surface area contributed by atoms with E-state index in [9.17, 15) is 9.18 Å². The molecule has 1 aromatic rings. The van der Waals surface area contributed by atoms with Gasteiger partial charge in [-0.25, -0.2) is 4.39 Å². The van der Waals surface area contributed by atoms with Gasteiger partial charge in [-0.2, -0.15) is 0 Å². The molecule has 3 fully saturated rings. The van der Waals surface area contributed by atoms with Crippen molar-refractivity contribution in [2.75, 3.05) is 13.2 Å². The molecule has 4 rings (SSSR count). The Labute approximate surface area is 141 Å². The summed E-state index contributed by atoms with van der Waals surface area (Å²) in [5.74, 6) is -0.331. The molecule has 3 atom stereocenters. The fourth-order valence-electron chi connectivity index (χ4n) is 4.87. The van der Waals surface area contributed by atoms with E-state index in [-0.39, 0.29) is 23.4 Å². The van der Waals surface area contributed by atoms with Gasteiger partial charge in [-0.3, -0.25) is 4.79 Å². The molecule has 1 aliphatic heterocycles. The van der Waals surface area contributed by atoms with Crippen molar-refractivity contribution in [2.24, 2.45) is 17.3 Å². The van der Waals surface area contributed by atoms with E-state index in [0.717, 1.165) is 18.4 Å². The monoisotopic (exact) mass is 330 g/mol. The minimum atomic E-state index is -0.530. The van der Waals surface area contributed by atoms with Crippen LogP contribution >= 0.6 is 0 Å². The van der Waals surface area contributed by atoms with Gasteiger partial charge in [0.1, 0.15) is 5.82 Å². The number of halogens is 1. The number of ether oxygens (including phenoxy) is 2. The molecule has 1 saturated heterocycles. The third-order valence-electron chi connectivity index (χ3n) is 6.37. The molecule has 3 aliphatic rings. The summed E-state index contributed by atoms with van der Waals surface area (Å²) in [4.78, 5) is 13.1. The molecular formula is C20H23FO3. The third-order valence-corrected chi connectivity index (χ3v) is 6.37. The number of allylic oxidation sites excluding steroid dienone is 1. The summed E-state index contributed by atoms with van der Waals surface area (Å²) in [5.41, 5.74) is 0.824. The second-order valence-corrected chi connectivity index (χ2v) is 7.55. The van der Waals surface area contributed by atoms with Crippen LogP contribution in [0.3, 0.4) is 0 Å². The van der Waals surface area contributed by atoms with Crippen molar-refractivity contribution in [1.82, 2.24) is 0 Å². The smallest absolute Gasteiger partial charge is 0.171 e. The van der Waals surface area contributed by atoms with Crippen molar-refractivity contribution in [2.45, 2.75) is 38.9 Å². The minimum absolute atomic E-state index is 0.147. The lowest BCUT2D eigenvalue weighted by molar-refractivity contribution is -0.235. The van der Waals surface area contributed by atoms with Crippen LogP contribution in [0.15, 0.2) is 29.8 Å². The molecule has 2 saturated carbocycles. The first-order valence-corrected chi connectivity index (χ1v) is 8.74. The van der Waals surface area contributed by atoms with Crippen molar-refractivity contribution in [3.8, 4) is 0 Å². The Kier molecular flexibility index (Phi) is 3.66. The largest absolute Gasteiger partial charge is 0.347 e. The highest BCUT2D eigenvalue weighted by atomic mass is 19.1. The van der Waals surface area contributed by atoms with Crippen LogP contribution in [0.1, 0.15) is 38.7 Å². The molecule has 0 bridgehead atoms. The SMILES string of the molecule is C[C@@H]1[C@H]2C/C(=C\c3ccccc3F)C(=O)[C@]2(C)CCC12OCCO2. The molecule has 1 spiro atoms. The molecule has 0 aromatic heterocycles. The second kappa shape index (κ2) is 5.50. The molecule has 4 heteroatoms. The van der Waals surface area contributed by atoms with Crippen LogP contribution in [0.25, 0.3) is 6.08 Å². The number of fused-ring (bicyclic) bond motifs is 1. The highest BCUT2D eigenvalue weighted by Gasteiger charge is 2.60. The van der Waals surface area contributed by atoms with Gasteiger partial charge in [0.05, 0.1) is 13.2 Å². The van der Waals surface area contributed by atoms with E-state index in [1.54, 1.807) is 24.3 Å². The number of rotatable bonds is 1. The Hall–Kier alpha value is -1.52. The fraction of sp³-hybridized carbons (Fsp3) is 0.550. The number of carbonyl (C=O) groups is 1. The number of hydrogen-bond acceptors (Lipinski definition) is 3. The van der Waals surface area contributed by atoms with Crippen LogP contribution in [0.2, 0.25) is 0 Å². The van der Waals surface area contributed by atoms with Crippen molar-refractivity contribution < 1.29 is 18.7 Å². The lowest BCUT2D eigenvalue weighted by Crippen LogP contribution is -2.51. The lowest BCUT2D eigenvalue weighted by atomic mass is 9.62. The van der Waals surface area contributed by atoms with Gasteiger partial charge in [0.15, 0.2) is 11.6 Å². The van der Waals surface area contributed by atoms with Gasteiger partial charge in [-0.05, 0) is 36.5 Å². The Bertz CT molecular complexity index is 705. The van der Waals surface area contributed by atoms with Crippen LogP contribution in [-0.4, -0.2) is 24.8 Å². The zero-order chi connectivity index (χ0) is 16.9. The highest BCUT2D eigenvalue weighted by molar-refractivity contribution is 6.06. The third kappa shape index (κ3) is 2.20. The van der Waals surface area contributed by atoms with E-state index >= 15 is 0 Å². The maximum absolute atomic E-state index is 14.0. The zero-order valence-corrected chi connectivity index (χ0v) is 14.2. The Morgan fingerprint density at radius 2 is 1.92 bits per heavy atom. The van der Waals surface area contributed by atoms with Gasteiger partial charge >= 0.3 is 0 Å². The normalized spacial score (nSPS) is 36.5. The Morgan fingerprint density at radius 1 is 1.21 bits per heavy atom. The number of benzene rings is 1. The predicted octanol–water partition coefficient (Wildman–Crippen LogP) is 3.98. The summed E-state index contributed by atoms with van der Waals surface area (Å²) in [6.07, 6.45) is 3.91. The summed E-state index contributed by atoms with van der Waals surface area (Å²) in [6.45, 7) is 5.44. The molecule has 1 aromatic carbocycles. The highest BCUT2D eigenvalue weighted by Crippen LogP contribution is 2.58. The van der Waals surface area contributed by atoms with Crippen LogP contribution in [0, 0.1) is 23.1 Å². The first-order valence-electron chi connectivity index (χ1n) is 8.74. The zero-order valence-electron chi connectivity index (χ0n) is 14.2. The summed E-state index contributed by atoms with van der Waals surface area (Å²) < 4.78 is 25.8. The molecule has 1 heterocycles. The first kappa shape index (κ1) is 16.0. The number of Topliss-reactive ketones (excluding diaryl/α,β-unsaturated/α-hetero) is 1. The maximum Gasteiger partial charge on any atom is 0.171 e. The van der Waals surface area contributed by atoms with Crippen molar-refractivity contribution in [3.63, 3.8) is 0 Å². The molecule has 0 amide bonds. The van der Waals surface area contributed by atoms with Gasteiger partial charge in [0, 0.05) is 23.3 Å². The number of ketones is 1. The van der Waals surface area contributed by atoms with Crippen LogP contribution in [0.4, 0.5) is 4.39 Å². The molecule has 128 valence electrons. The van der Waals surface area contributed by atoms with Gasteiger partial charge in [0.2, 0.25) is 0 Å². The molecule has 2 aliphatic carbocycles. The first-order chi connectivity index (χ1) is 11.5. The van der Waals surface area contributed by atoms with Crippen LogP contribution in [0.5, 0.6) is 0 Å². The number of hydrogen-bond donors (Lipinski definition) is 0. The van der Waals surface area contributed by atoms with Gasteiger partial charge in [-0.15, -0.1) is 0 Å². The quantitative estimate of drug-likeness (QED) is 0.731. The van der Waals surface area contributed by atoms with Gasteiger partial charge in [-0.1, -0.05) is 32.0 Å².